The summed E-state index contributed by atoms with van der Waals surface area (Å²) in [5, 5.41) is 3.13. The maximum atomic E-state index is 11.7. The monoisotopic (exact) mass is 242 g/mol. The fourth-order valence-corrected chi connectivity index (χ4v) is 1.73. The van der Waals surface area contributed by atoms with E-state index in [1.54, 1.807) is 0 Å². The van der Waals surface area contributed by atoms with Crippen LogP contribution in [0.4, 0.5) is 0 Å². The zero-order valence-electron chi connectivity index (χ0n) is 10.9. The zero-order chi connectivity index (χ0) is 12.8. The number of imide groups is 1. The van der Waals surface area contributed by atoms with Crippen molar-refractivity contribution >= 4 is 11.8 Å². The summed E-state index contributed by atoms with van der Waals surface area (Å²) in [5.41, 5.74) is 0. The summed E-state index contributed by atoms with van der Waals surface area (Å²) in [6, 6.07) is -0.236. The van der Waals surface area contributed by atoms with E-state index in [-0.39, 0.29) is 17.9 Å². The van der Waals surface area contributed by atoms with Crippen LogP contribution in [0.1, 0.15) is 26.7 Å². The Hall–Kier alpha value is -0.940. The molecule has 0 bridgehead atoms. The molecule has 2 amide bonds. The molecule has 0 aliphatic carbocycles. The number of likely N-dealkylation sites (tertiary alicyclic amines) is 1. The first-order valence-corrected chi connectivity index (χ1v) is 6.14. The molecule has 98 valence electrons. The summed E-state index contributed by atoms with van der Waals surface area (Å²) in [7, 11) is 1.54. The fourth-order valence-electron chi connectivity index (χ4n) is 1.73. The minimum absolute atomic E-state index is 0.0934. The highest BCUT2D eigenvalue weighted by Gasteiger charge is 2.30. The van der Waals surface area contributed by atoms with Gasteiger partial charge in [-0.3, -0.25) is 14.5 Å². The van der Waals surface area contributed by atoms with Crippen molar-refractivity contribution in [1.82, 2.24) is 10.2 Å². The molecule has 1 unspecified atom stereocenters. The Balaban J connectivity index is 2.19. The smallest absolute Gasteiger partial charge is 0.246 e. The van der Waals surface area contributed by atoms with Gasteiger partial charge in [-0.25, -0.2) is 0 Å². The zero-order valence-corrected chi connectivity index (χ0v) is 10.9. The summed E-state index contributed by atoms with van der Waals surface area (Å²) < 4.78 is 5.41. The molecule has 1 atom stereocenters. The fraction of sp³-hybridized carbons (Fsp3) is 0.833. The van der Waals surface area contributed by atoms with Crippen molar-refractivity contribution in [3.05, 3.63) is 0 Å². The lowest BCUT2D eigenvalue weighted by molar-refractivity contribution is -0.148. The maximum Gasteiger partial charge on any atom is 0.246 e. The Morgan fingerprint density at radius 3 is 2.82 bits per heavy atom. The van der Waals surface area contributed by atoms with Crippen LogP contribution in [0, 0.1) is 5.92 Å². The second-order valence-electron chi connectivity index (χ2n) is 4.81. The summed E-state index contributed by atoms with van der Waals surface area (Å²) in [6.07, 6.45) is 1.03. The minimum atomic E-state index is -0.236. The van der Waals surface area contributed by atoms with Crippen LogP contribution < -0.4 is 5.32 Å². The number of nitrogens with one attached hydrogen (secondary N) is 1. The highest BCUT2D eigenvalue weighted by molar-refractivity contribution is 6.00. The molecule has 0 radical (unpaired) electrons. The average molecular weight is 242 g/mol. The van der Waals surface area contributed by atoms with Gasteiger partial charge in [-0.1, -0.05) is 13.8 Å². The van der Waals surface area contributed by atoms with Gasteiger partial charge in [0.15, 0.2) is 0 Å². The predicted octanol–water partition coefficient (Wildman–Crippen LogP) is 0.396. The normalized spacial score (nSPS) is 21.4. The number of ether oxygens (including phenoxy) is 1. The van der Waals surface area contributed by atoms with Crippen molar-refractivity contribution in [2.75, 3.05) is 26.8 Å². The molecule has 17 heavy (non-hydrogen) atoms. The van der Waals surface area contributed by atoms with Crippen LogP contribution in [0.25, 0.3) is 0 Å². The third-order valence-corrected chi connectivity index (χ3v) is 2.74. The van der Waals surface area contributed by atoms with E-state index >= 15 is 0 Å². The molecule has 5 nitrogen and oxygen atoms in total. The molecule has 0 aromatic rings. The molecule has 1 heterocycles. The van der Waals surface area contributed by atoms with Crippen molar-refractivity contribution in [2.45, 2.75) is 32.7 Å². The number of carbonyl (C=O) groups excluding carboxylic acids is 2. The van der Waals surface area contributed by atoms with E-state index in [9.17, 15) is 9.59 Å². The van der Waals surface area contributed by atoms with Gasteiger partial charge in [0, 0.05) is 26.6 Å². The molecule has 0 spiro atoms. The third kappa shape index (κ3) is 4.44. The number of amides is 2. The SMILES string of the molecule is CC(C)COCCNC1CCC(=O)N(C)C1=O. The van der Waals surface area contributed by atoms with E-state index in [1.807, 2.05) is 0 Å². The molecule has 1 aliphatic rings. The molecule has 1 aliphatic heterocycles. The molecule has 1 saturated heterocycles. The summed E-state index contributed by atoms with van der Waals surface area (Å²) in [6.45, 7) is 6.17. The maximum absolute atomic E-state index is 11.7. The van der Waals surface area contributed by atoms with Gasteiger partial charge in [0.25, 0.3) is 0 Å². The van der Waals surface area contributed by atoms with Gasteiger partial charge in [0.05, 0.1) is 12.6 Å². The molecule has 1 rings (SSSR count). The lowest BCUT2D eigenvalue weighted by atomic mass is 10.0. The van der Waals surface area contributed by atoms with E-state index in [1.165, 1.54) is 11.9 Å². The second kappa shape index (κ2) is 6.71. The summed E-state index contributed by atoms with van der Waals surface area (Å²) in [5.74, 6) is 0.296. The number of likely N-dealkylation sites (N-methyl/N-ethyl adjacent to an activating group) is 1. The van der Waals surface area contributed by atoms with E-state index in [4.69, 9.17) is 4.74 Å². The van der Waals surface area contributed by atoms with Gasteiger partial charge in [-0.2, -0.15) is 0 Å². The Kier molecular flexibility index (Phi) is 5.58. The molecular formula is C12H22N2O3. The highest BCUT2D eigenvalue weighted by Crippen LogP contribution is 2.10. The van der Waals surface area contributed by atoms with Crippen LogP contribution in [0.3, 0.4) is 0 Å². The summed E-state index contributed by atoms with van der Waals surface area (Å²) >= 11 is 0. The lowest BCUT2D eigenvalue weighted by Crippen LogP contribution is -2.52. The largest absolute Gasteiger partial charge is 0.380 e. The number of hydrogen-bond acceptors (Lipinski definition) is 4. The van der Waals surface area contributed by atoms with Crippen LogP contribution in [-0.4, -0.2) is 49.6 Å². The summed E-state index contributed by atoms with van der Waals surface area (Å²) in [4.78, 5) is 24.2. The van der Waals surface area contributed by atoms with Gasteiger partial charge in [-0.15, -0.1) is 0 Å². The van der Waals surface area contributed by atoms with Gasteiger partial charge in [0.2, 0.25) is 11.8 Å². The average Bonchev–Trinajstić information content (AvgIpc) is 2.28. The first kappa shape index (κ1) is 14.1. The van der Waals surface area contributed by atoms with Crippen molar-refractivity contribution in [3.8, 4) is 0 Å². The van der Waals surface area contributed by atoms with Crippen LogP contribution in [0.5, 0.6) is 0 Å². The minimum Gasteiger partial charge on any atom is -0.380 e. The van der Waals surface area contributed by atoms with Crippen LogP contribution in [-0.2, 0) is 14.3 Å². The predicted molar refractivity (Wildman–Crippen MR) is 64.5 cm³/mol. The van der Waals surface area contributed by atoms with E-state index in [0.29, 0.717) is 31.9 Å². The number of rotatable bonds is 6. The number of carbonyl (C=O) groups is 2. The molecule has 5 heteroatoms. The molecule has 0 aromatic carbocycles. The molecule has 1 fully saturated rings. The lowest BCUT2D eigenvalue weighted by Gasteiger charge is -2.28. The first-order valence-electron chi connectivity index (χ1n) is 6.14. The van der Waals surface area contributed by atoms with Crippen LogP contribution >= 0.6 is 0 Å². The highest BCUT2D eigenvalue weighted by atomic mass is 16.5. The van der Waals surface area contributed by atoms with Gasteiger partial charge >= 0.3 is 0 Å². The quantitative estimate of drug-likeness (QED) is 0.541. The van der Waals surface area contributed by atoms with Crippen molar-refractivity contribution in [2.24, 2.45) is 5.92 Å². The Bertz CT molecular complexity index is 279. The van der Waals surface area contributed by atoms with Crippen molar-refractivity contribution < 1.29 is 14.3 Å². The number of nitrogens with zero attached hydrogens (tertiary/aromatic N) is 1. The third-order valence-electron chi connectivity index (χ3n) is 2.74. The molecule has 1 N–H and O–H groups in total. The number of piperidine rings is 1. The molecular weight excluding hydrogens is 220 g/mol. The van der Waals surface area contributed by atoms with E-state index < -0.39 is 0 Å². The van der Waals surface area contributed by atoms with Crippen molar-refractivity contribution in [1.29, 1.82) is 0 Å². The standard InChI is InChI=1S/C12H22N2O3/c1-9(2)8-17-7-6-13-10-4-5-11(15)14(3)12(10)16/h9-10,13H,4-8H2,1-3H3. The van der Waals surface area contributed by atoms with Gasteiger partial charge in [-0.05, 0) is 12.3 Å². The van der Waals surface area contributed by atoms with Gasteiger partial charge in [0.1, 0.15) is 0 Å². The van der Waals surface area contributed by atoms with Crippen LogP contribution in [0.15, 0.2) is 0 Å². The molecule has 0 aromatic heterocycles. The second-order valence-corrected chi connectivity index (χ2v) is 4.81. The van der Waals surface area contributed by atoms with E-state index in [0.717, 1.165) is 6.61 Å². The Morgan fingerprint density at radius 1 is 1.47 bits per heavy atom. The Labute approximate surface area is 102 Å². The number of hydrogen-bond donors (Lipinski definition) is 1. The molecule has 0 saturated carbocycles. The topological polar surface area (TPSA) is 58.6 Å². The Morgan fingerprint density at radius 2 is 2.18 bits per heavy atom. The first-order chi connectivity index (χ1) is 8.02. The van der Waals surface area contributed by atoms with Gasteiger partial charge < -0.3 is 10.1 Å². The van der Waals surface area contributed by atoms with E-state index in [2.05, 4.69) is 19.2 Å². The van der Waals surface area contributed by atoms with Crippen LogP contribution in [0.2, 0.25) is 0 Å². The van der Waals surface area contributed by atoms with Crippen molar-refractivity contribution in [3.63, 3.8) is 0 Å².